The first-order valence-electron chi connectivity index (χ1n) is 9.02. The van der Waals surface area contributed by atoms with Crippen LogP contribution in [0, 0.1) is 0 Å². The van der Waals surface area contributed by atoms with Crippen LogP contribution in [0.4, 0.5) is 11.4 Å². The smallest absolute Gasteiger partial charge is 0.265 e. The number of nitrogens with one attached hydrogen (secondary N) is 2. The molecule has 0 radical (unpaired) electrons. The highest BCUT2D eigenvalue weighted by Crippen LogP contribution is 2.28. The zero-order valence-electron chi connectivity index (χ0n) is 16.1. The van der Waals surface area contributed by atoms with Gasteiger partial charge in [-0.2, -0.15) is 0 Å². The molecule has 0 saturated heterocycles. The highest BCUT2D eigenvalue weighted by Gasteiger charge is 2.17. The fourth-order valence-electron chi connectivity index (χ4n) is 2.57. The summed E-state index contributed by atoms with van der Waals surface area (Å²) in [6, 6.07) is 16.0. The van der Waals surface area contributed by atoms with Gasteiger partial charge in [-0.1, -0.05) is 46.4 Å². The fourth-order valence-corrected chi connectivity index (χ4v) is 3.51. The molecule has 0 bridgehead atoms. The molecule has 1 atom stereocenters. The van der Waals surface area contributed by atoms with Crippen molar-refractivity contribution < 1.29 is 14.3 Å². The van der Waals surface area contributed by atoms with Gasteiger partial charge in [-0.05, 0) is 67.6 Å². The van der Waals surface area contributed by atoms with Gasteiger partial charge in [0.1, 0.15) is 5.75 Å². The predicted molar refractivity (Wildman–Crippen MR) is 126 cm³/mol. The molecule has 0 aliphatic heterocycles. The Bertz CT molecular complexity index is 1120. The van der Waals surface area contributed by atoms with Crippen LogP contribution in [0.3, 0.4) is 0 Å². The van der Waals surface area contributed by atoms with E-state index in [2.05, 4.69) is 10.6 Å². The van der Waals surface area contributed by atoms with Crippen molar-refractivity contribution in [2.45, 2.75) is 13.0 Å². The third-order valence-corrected chi connectivity index (χ3v) is 5.23. The van der Waals surface area contributed by atoms with Crippen molar-refractivity contribution in [3.05, 3.63) is 86.3 Å². The van der Waals surface area contributed by atoms with E-state index in [1.807, 2.05) is 0 Å². The first-order valence-corrected chi connectivity index (χ1v) is 10.5. The molecule has 9 heteroatoms. The number of rotatable bonds is 6. The van der Waals surface area contributed by atoms with Gasteiger partial charge in [0.05, 0.1) is 15.6 Å². The Balaban J connectivity index is 1.59. The van der Waals surface area contributed by atoms with Crippen molar-refractivity contribution in [3.63, 3.8) is 0 Å². The summed E-state index contributed by atoms with van der Waals surface area (Å²) in [5.74, 6) is -0.385. The number of benzene rings is 3. The van der Waals surface area contributed by atoms with Crippen LogP contribution in [0.25, 0.3) is 0 Å². The molecule has 0 spiro atoms. The van der Waals surface area contributed by atoms with Crippen molar-refractivity contribution in [1.29, 1.82) is 0 Å². The summed E-state index contributed by atoms with van der Waals surface area (Å²) in [5, 5.41) is 6.96. The van der Waals surface area contributed by atoms with Gasteiger partial charge in [0.15, 0.2) is 6.10 Å². The highest BCUT2D eigenvalue weighted by molar-refractivity contribution is 6.37. The molecule has 0 saturated carbocycles. The second-order valence-corrected chi connectivity index (χ2v) is 8.17. The Morgan fingerprint density at radius 3 is 1.90 bits per heavy atom. The number of anilines is 2. The lowest BCUT2D eigenvalue weighted by atomic mass is 10.2. The van der Waals surface area contributed by atoms with Gasteiger partial charge in [-0.15, -0.1) is 0 Å². The second kappa shape index (κ2) is 10.2. The number of hydrogen-bond acceptors (Lipinski definition) is 3. The van der Waals surface area contributed by atoms with E-state index in [0.717, 1.165) is 0 Å². The van der Waals surface area contributed by atoms with Gasteiger partial charge in [0.25, 0.3) is 11.8 Å². The van der Waals surface area contributed by atoms with Gasteiger partial charge in [0.2, 0.25) is 0 Å². The van der Waals surface area contributed by atoms with Gasteiger partial charge >= 0.3 is 0 Å². The molecule has 3 rings (SSSR count). The van der Waals surface area contributed by atoms with Gasteiger partial charge in [-0.25, -0.2) is 0 Å². The van der Waals surface area contributed by atoms with Crippen molar-refractivity contribution in [2.24, 2.45) is 0 Å². The van der Waals surface area contributed by atoms with Crippen LogP contribution in [0.1, 0.15) is 17.3 Å². The van der Waals surface area contributed by atoms with Crippen LogP contribution < -0.4 is 15.4 Å². The van der Waals surface area contributed by atoms with Crippen LogP contribution in [0.5, 0.6) is 5.75 Å². The first kappa shape index (κ1) is 23.2. The van der Waals surface area contributed by atoms with Crippen LogP contribution in [-0.4, -0.2) is 17.9 Å². The molecule has 0 aliphatic rings. The standard InChI is InChI=1S/C22H16Cl4N2O3/c1-12(31-20-9-3-14(24)11-19(20)26)21(29)27-15-4-6-16(7-5-15)28-22(30)17-8-2-13(23)10-18(17)25/h2-12H,1H3,(H,27,29)(H,28,30). The summed E-state index contributed by atoms with van der Waals surface area (Å²) in [5.41, 5.74) is 1.37. The summed E-state index contributed by atoms with van der Waals surface area (Å²) in [6.45, 7) is 1.60. The Morgan fingerprint density at radius 2 is 1.32 bits per heavy atom. The molecule has 0 heterocycles. The van der Waals surface area contributed by atoms with Crippen molar-refractivity contribution >= 4 is 69.6 Å². The summed E-state index contributed by atoms with van der Waals surface area (Å²) in [6.07, 6.45) is -0.801. The van der Waals surface area contributed by atoms with Gasteiger partial charge in [-0.3, -0.25) is 9.59 Å². The lowest BCUT2D eigenvalue weighted by molar-refractivity contribution is -0.122. The van der Waals surface area contributed by atoms with Gasteiger partial charge < -0.3 is 15.4 Å². The van der Waals surface area contributed by atoms with E-state index in [-0.39, 0.29) is 16.8 Å². The summed E-state index contributed by atoms with van der Waals surface area (Å²) in [7, 11) is 0. The molecular formula is C22H16Cl4N2O3. The number of carbonyl (C=O) groups is 2. The molecule has 0 aliphatic carbocycles. The lowest BCUT2D eigenvalue weighted by Gasteiger charge is -2.16. The summed E-state index contributed by atoms with van der Waals surface area (Å²) in [4.78, 5) is 24.8. The molecular weight excluding hydrogens is 482 g/mol. The maximum Gasteiger partial charge on any atom is 0.265 e. The van der Waals surface area contributed by atoms with E-state index in [9.17, 15) is 9.59 Å². The second-order valence-electron chi connectivity index (χ2n) is 6.48. The topological polar surface area (TPSA) is 67.4 Å². The molecule has 3 aromatic rings. The average Bonchev–Trinajstić information content (AvgIpc) is 2.71. The molecule has 2 N–H and O–H groups in total. The van der Waals surface area contributed by atoms with Crippen molar-refractivity contribution in [1.82, 2.24) is 0 Å². The van der Waals surface area contributed by atoms with Crippen LogP contribution in [0.2, 0.25) is 20.1 Å². The minimum Gasteiger partial charge on any atom is -0.479 e. The Hall–Kier alpha value is -2.44. The van der Waals surface area contributed by atoms with Crippen molar-refractivity contribution in [3.8, 4) is 5.75 Å². The Kier molecular flexibility index (Phi) is 7.68. The summed E-state index contributed by atoms with van der Waals surface area (Å²) >= 11 is 23.8. The molecule has 5 nitrogen and oxygen atoms in total. The average molecular weight is 498 g/mol. The van der Waals surface area contributed by atoms with Crippen LogP contribution >= 0.6 is 46.4 Å². The first-order chi connectivity index (χ1) is 14.7. The quantitative estimate of drug-likeness (QED) is 0.386. The van der Waals surface area contributed by atoms with E-state index >= 15 is 0 Å². The third kappa shape index (κ3) is 6.28. The normalized spacial score (nSPS) is 11.5. The minimum atomic E-state index is -0.801. The molecule has 0 aromatic heterocycles. The maximum absolute atomic E-state index is 12.4. The molecule has 160 valence electrons. The zero-order chi connectivity index (χ0) is 22.5. The van der Waals surface area contributed by atoms with Crippen LogP contribution in [-0.2, 0) is 4.79 Å². The molecule has 0 fully saturated rings. The highest BCUT2D eigenvalue weighted by atomic mass is 35.5. The zero-order valence-corrected chi connectivity index (χ0v) is 19.1. The molecule has 3 aromatic carbocycles. The monoisotopic (exact) mass is 496 g/mol. The summed E-state index contributed by atoms with van der Waals surface area (Å²) < 4.78 is 5.60. The maximum atomic E-state index is 12.4. The van der Waals surface area contributed by atoms with E-state index in [4.69, 9.17) is 51.1 Å². The van der Waals surface area contributed by atoms with E-state index in [1.54, 1.807) is 55.5 Å². The van der Waals surface area contributed by atoms with Crippen LogP contribution in [0.15, 0.2) is 60.7 Å². The number of halogens is 4. The number of amides is 2. The minimum absolute atomic E-state index is 0.253. The SMILES string of the molecule is CC(Oc1ccc(Cl)cc1Cl)C(=O)Nc1ccc(NC(=O)c2ccc(Cl)cc2Cl)cc1. The molecule has 1 unspecified atom stereocenters. The largest absolute Gasteiger partial charge is 0.479 e. The number of ether oxygens (including phenoxy) is 1. The third-order valence-electron chi connectivity index (χ3n) is 4.15. The van der Waals surface area contributed by atoms with Gasteiger partial charge in [0, 0.05) is 21.4 Å². The number of hydrogen-bond donors (Lipinski definition) is 2. The Morgan fingerprint density at radius 1 is 0.774 bits per heavy atom. The number of carbonyl (C=O) groups excluding carboxylic acids is 2. The lowest BCUT2D eigenvalue weighted by Crippen LogP contribution is -2.30. The molecule has 2 amide bonds. The van der Waals surface area contributed by atoms with Crippen molar-refractivity contribution in [2.75, 3.05) is 10.6 Å². The fraction of sp³-hybridized carbons (Fsp3) is 0.0909. The molecule has 31 heavy (non-hydrogen) atoms. The van der Waals surface area contributed by atoms with E-state index in [0.29, 0.717) is 37.8 Å². The van der Waals surface area contributed by atoms with E-state index in [1.165, 1.54) is 12.1 Å². The predicted octanol–water partition coefficient (Wildman–Crippen LogP) is 6.96. The van der Waals surface area contributed by atoms with E-state index < -0.39 is 6.10 Å². The Labute approximate surface area is 199 Å².